The zero-order valence-corrected chi connectivity index (χ0v) is 12.8. The van der Waals surface area contributed by atoms with E-state index in [2.05, 4.69) is 18.8 Å². The maximum absolute atomic E-state index is 12.2. The minimum Gasteiger partial charge on any atom is -0.395 e. The van der Waals surface area contributed by atoms with Gasteiger partial charge in [0.05, 0.1) is 6.61 Å². The molecule has 0 heterocycles. The predicted octanol–water partition coefficient (Wildman–Crippen LogP) is 0.0330. The van der Waals surface area contributed by atoms with Crippen LogP contribution >= 0.6 is 0 Å². The Morgan fingerprint density at radius 1 is 1.32 bits per heavy atom. The molecule has 0 aromatic rings. The number of nitrogens with zero attached hydrogens (tertiary/aromatic N) is 2. The Balaban J connectivity index is 4.31. The number of hydrogen-bond acceptors (Lipinski definition) is 4. The lowest BCUT2D eigenvalue weighted by Gasteiger charge is -2.26. The molecule has 0 saturated carbocycles. The molecule has 0 atom stereocenters. The first-order valence-electron chi connectivity index (χ1n) is 6.64. The van der Waals surface area contributed by atoms with Crippen molar-refractivity contribution in [2.24, 2.45) is 0 Å². The van der Waals surface area contributed by atoms with E-state index in [1.807, 2.05) is 0 Å². The van der Waals surface area contributed by atoms with Crippen LogP contribution in [0.15, 0.2) is 12.7 Å². The maximum atomic E-state index is 12.2. The van der Waals surface area contributed by atoms with Crippen LogP contribution in [0, 0.1) is 0 Å². The molecule has 0 unspecified atom stereocenters. The van der Waals surface area contributed by atoms with Gasteiger partial charge < -0.3 is 10.4 Å². The highest BCUT2D eigenvalue weighted by atomic mass is 32.2. The van der Waals surface area contributed by atoms with Crippen LogP contribution in [0.3, 0.4) is 0 Å². The summed E-state index contributed by atoms with van der Waals surface area (Å²) in [5.74, 6) is 0. The van der Waals surface area contributed by atoms with Crippen molar-refractivity contribution in [3.63, 3.8) is 0 Å². The van der Waals surface area contributed by atoms with Crippen LogP contribution in [0.1, 0.15) is 19.8 Å². The minimum atomic E-state index is -3.51. The molecule has 0 aromatic carbocycles. The fourth-order valence-corrected chi connectivity index (χ4v) is 2.96. The van der Waals surface area contributed by atoms with Gasteiger partial charge in [-0.15, -0.1) is 6.58 Å². The van der Waals surface area contributed by atoms with Crippen LogP contribution in [0.5, 0.6) is 0 Å². The molecule has 0 aliphatic carbocycles. The number of nitrogens with one attached hydrogen (secondary N) is 1. The van der Waals surface area contributed by atoms with E-state index in [1.54, 1.807) is 7.05 Å². The van der Waals surface area contributed by atoms with E-state index in [9.17, 15) is 8.42 Å². The Morgan fingerprint density at radius 2 is 2.00 bits per heavy atom. The lowest BCUT2D eigenvalue weighted by atomic mass is 10.4. The third-order valence-electron chi connectivity index (χ3n) is 2.66. The minimum absolute atomic E-state index is 0.0901. The number of hydrogen-bond donors (Lipinski definition) is 2. The topological polar surface area (TPSA) is 72.9 Å². The monoisotopic (exact) mass is 293 g/mol. The van der Waals surface area contributed by atoms with E-state index in [0.717, 1.165) is 25.9 Å². The number of rotatable bonds is 12. The van der Waals surface area contributed by atoms with Crippen molar-refractivity contribution in [1.29, 1.82) is 0 Å². The molecule has 6 nitrogen and oxygen atoms in total. The summed E-state index contributed by atoms with van der Waals surface area (Å²) in [6.45, 7) is 7.93. The van der Waals surface area contributed by atoms with Gasteiger partial charge in [-0.25, -0.2) is 0 Å². The Hall–Kier alpha value is -0.470. The average Bonchev–Trinajstić information content (AvgIpc) is 2.38. The van der Waals surface area contributed by atoms with E-state index in [4.69, 9.17) is 5.11 Å². The molecule has 0 rings (SSSR count). The average molecular weight is 293 g/mol. The molecule has 0 saturated heterocycles. The van der Waals surface area contributed by atoms with Crippen LogP contribution in [-0.2, 0) is 10.2 Å². The standard InChI is InChI=1S/C12H27N3O3S/c1-4-7-13-8-6-10-14(3)19(17,18)15(9-5-2)11-12-16/h5,13,16H,2,4,6-12H2,1,3H3. The van der Waals surface area contributed by atoms with Gasteiger partial charge in [0.1, 0.15) is 0 Å². The van der Waals surface area contributed by atoms with E-state index >= 15 is 0 Å². The summed E-state index contributed by atoms with van der Waals surface area (Å²) in [6.07, 6.45) is 3.35. The van der Waals surface area contributed by atoms with Gasteiger partial charge in [-0.1, -0.05) is 13.0 Å². The largest absolute Gasteiger partial charge is 0.395 e. The Morgan fingerprint density at radius 3 is 2.53 bits per heavy atom. The molecule has 0 amide bonds. The molecular weight excluding hydrogens is 266 g/mol. The van der Waals surface area contributed by atoms with Gasteiger partial charge in [-0.2, -0.15) is 17.0 Å². The van der Waals surface area contributed by atoms with Crippen LogP contribution in [-0.4, -0.2) is 68.5 Å². The molecule has 0 fully saturated rings. The lowest BCUT2D eigenvalue weighted by Crippen LogP contribution is -2.44. The SMILES string of the molecule is C=CCN(CCO)S(=O)(=O)N(C)CCCNCCC. The second kappa shape index (κ2) is 10.3. The molecule has 19 heavy (non-hydrogen) atoms. The third-order valence-corrected chi connectivity index (χ3v) is 4.61. The molecule has 0 bridgehead atoms. The predicted molar refractivity (Wildman–Crippen MR) is 78.2 cm³/mol. The zero-order valence-electron chi connectivity index (χ0n) is 12.0. The van der Waals surface area contributed by atoms with Crippen molar-refractivity contribution in [1.82, 2.24) is 13.9 Å². The van der Waals surface area contributed by atoms with Gasteiger partial charge >= 0.3 is 0 Å². The van der Waals surface area contributed by atoms with Crippen LogP contribution in [0.2, 0.25) is 0 Å². The number of aliphatic hydroxyl groups excluding tert-OH is 1. The molecule has 2 N–H and O–H groups in total. The van der Waals surface area contributed by atoms with Gasteiger partial charge in [-0.3, -0.25) is 0 Å². The first kappa shape index (κ1) is 18.5. The molecule has 0 aliphatic heterocycles. The van der Waals surface area contributed by atoms with Crippen molar-refractivity contribution < 1.29 is 13.5 Å². The van der Waals surface area contributed by atoms with Gasteiger partial charge in [-0.05, 0) is 25.9 Å². The summed E-state index contributed by atoms with van der Waals surface area (Å²) in [5.41, 5.74) is 0. The second-order valence-corrected chi connectivity index (χ2v) is 6.34. The molecule has 0 aromatic heterocycles. The van der Waals surface area contributed by atoms with Crippen molar-refractivity contribution in [3.05, 3.63) is 12.7 Å². The van der Waals surface area contributed by atoms with E-state index in [-0.39, 0.29) is 19.7 Å². The molecule has 0 spiro atoms. The normalized spacial score (nSPS) is 12.3. The molecule has 0 aliphatic rings. The van der Waals surface area contributed by atoms with Gasteiger partial charge in [0.2, 0.25) is 0 Å². The summed E-state index contributed by atoms with van der Waals surface area (Å²) in [5, 5.41) is 12.1. The Labute approximate surface area is 117 Å². The number of aliphatic hydroxyl groups is 1. The third kappa shape index (κ3) is 7.03. The zero-order chi connectivity index (χ0) is 14.7. The van der Waals surface area contributed by atoms with Crippen molar-refractivity contribution in [2.45, 2.75) is 19.8 Å². The summed E-state index contributed by atoms with van der Waals surface area (Å²) < 4.78 is 26.9. The van der Waals surface area contributed by atoms with E-state index in [0.29, 0.717) is 6.54 Å². The highest BCUT2D eigenvalue weighted by molar-refractivity contribution is 7.86. The fraction of sp³-hybridized carbons (Fsp3) is 0.833. The Kier molecular flexibility index (Phi) is 10.1. The van der Waals surface area contributed by atoms with Crippen LogP contribution in [0.25, 0.3) is 0 Å². The lowest BCUT2D eigenvalue weighted by molar-refractivity contribution is 0.253. The van der Waals surface area contributed by atoms with Crippen molar-refractivity contribution in [3.8, 4) is 0 Å². The van der Waals surface area contributed by atoms with Gasteiger partial charge in [0, 0.05) is 26.7 Å². The van der Waals surface area contributed by atoms with Crippen LogP contribution < -0.4 is 5.32 Å². The highest BCUT2D eigenvalue weighted by Gasteiger charge is 2.24. The second-order valence-electron chi connectivity index (χ2n) is 4.30. The summed E-state index contributed by atoms with van der Waals surface area (Å²) >= 11 is 0. The maximum Gasteiger partial charge on any atom is 0.282 e. The molecular formula is C12H27N3O3S. The van der Waals surface area contributed by atoms with E-state index in [1.165, 1.54) is 14.7 Å². The van der Waals surface area contributed by atoms with Crippen LogP contribution in [0.4, 0.5) is 0 Å². The first-order valence-corrected chi connectivity index (χ1v) is 8.04. The summed E-state index contributed by atoms with van der Waals surface area (Å²) in [4.78, 5) is 0. The molecule has 114 valence electrons. The quantitative estimate of drug-likeness (QED) is 0.393. The summed E-state index contributed by atoms with van der Waals surface area (Å²) in [6, 6.07) is 0. The molecule has 7 heteroatoms. The fourth-order valence-electron chi connectivity index (χ4n) is 1.60. The van der Waals surface area contributed by atoms with Crippen molar-refractivity contribution >= 4 is 10.2 Å². The van der Waals surface area contributed by atoms with Gasteiger partial charge in [0.25, 0.3) is 10.2 Å². The molecule has 0 radical (unpaired) electrons. The van der Waals surface area contributed by atoms with Gasteiger partial charge in [0.15, 0.2) is 0 Å². The Bertz CT molecular complexity index is 333. The van der Waals surface area contributed by atoms with Crippen molar-refractivity contribution in [2.75, 3.05) is 46.4 Å². The smallest absolute Gasteiger partial charge is 0.282 e. The van der Waals surface area contributed by atoms with E-state index < -0.39 is 10.2 Å². The summed E-state index contributed by atoms with van der Waals surface area (Å²) in [7, 11) is -1.95. The first-order chi connectivity index (χ1) is 9.00. The highest BCUT2D eigenvalue weighted by Crippen LogP contribution is 2.06.